The zero-order valence-electron chi connectivity index (χ0n) is 21.4. The molecule has 1 aliphatic heterocycles. The minimum atomic E-state index is -0.815. The van der Waals surface area contributed by atoms with E-state index in [4.69, 9.17) is 9.72 Å². The highest BCUT2D eigenvalue weighted by Crippen LogP contribution is 2.45. The summed E-state index contributed by atoms with van der Waals surface area (Å²) in [4.78, 5) is 33.2. The molecule has 0 radical (unpaired) electrons. The molecular formula is C30H28N2O4S. The van der Waals surface area contributed by atoms with Crippen molar-refractivity contribution in [3.8, 4) is 5.75 Å². The number of hydrogen-bond donors (Lipinski definition) is 1. The van der Waals surface area contributed by atoms with Crippen molar-refractivity contribution in [1.82, 2.24) is 4.98 Å². The van der Waals surface area contributed by atoms with E-state index >= 15 is 0 Å². The molecule has 5 rings (SSSR count). The molecule has 1 saturated heterocycles. The quantitative estimate of drug-likeness (QED) is 0.183. The number of aliphatic hydroxyl groups excluding tert-OH is 1. The van der Waals surface area contributed by atoms with Crippen molar-refractivity contribution in [2.24, 2.45) is 0 Å². The third-order valence-electron chi connectivity index (χ3n) is 6.75. The van der Waals surface area contributed by atoms with Crippen LogP contribution in [0.15, 0.2) is 66.2 Å². The number of amides is 1. The molecule has 0 saturated carbocycles. The molecule has 1 atom stereocenters. The summed E-state index contributed by atoms with van der Waals surface area (Å²) >= 11 is 1.37. The third-order valence-corrected chi connectivity index (χ3v) is 7.75. The summed E-state index contributed by atoms with van der Waals surface area (Å²) in [5, 5.41) is 11.8. The van der Waals surface area contributed by atoms with Gasteiger partial charge < -0.3 is 9.84 Å². The first-order valence-corrected chi connectivity index (χ1v) is 12.9. The fourth-order valence-electron chi connectivity index (χ4n) is 4.77. The smallest absolute Gasteiger partial charge is 0.301 e. The summed E-state index contributed by atoms with van der Waals surface area (Å²) < 4.78 is 6.16. The topological polar surface area (TPSA) is 79.7 Å². The Morgan fingerprint density at radius 1 is 1.03 bits per heavy atom. The summed E-state index contributed by atoms with van der Waals surface area (Å²) in [5.74, 6) is -0.720. The molecule has 0 spiro atoms. The maximum absolute atomic E-state index is 13.5. The van der Waals surface area contributed by atoms with Gasteiger partial charge in [0.25, 0.3) is 5.78 Å². The Hall–Kier alpha value is -3.97. The second-order valence-corrected chi connectivity index (χ2v) is 10.7. The molecule has 0 aliphatic carbocycles. The number of aryl methyl sites for hydroxylation is 2. The third kappa shape index (κ3) is 4.29. The highest BCUT2D eigenvalue weighted by atomic mass is 32.1. The van der Waals surface area contributed by atoms with Crippen molar-refractivity contribution in [1.29, 1.82) is 0 Å². The number of nitrogens with zero attached hydrogens (tertiary/aromatic N) is 2. The van der Waals surface area contributed by atoms with Gasteiger partial charge in [-0.25, -0.2) is 4.98 Å². The summed E-state index contributed by atoms with van der Waals surface area (Å²) in [6.45, 7) is 8.22. The average molecular weight is 513 g/mol. The van der Waals surface area contributed by atoms with Crippen LogP contribution in [0.25, 0.3) is 16.0 Å². The van der Waals surface area contributed by atoms with Gasteiger partial charge in [-0.3, -0.25) is 14.5 Å². The molecule has 1 fully saturated rings. The first kappa shape index (κ1) is 24.7. The number of Topliss-reactive ketones (excluding diaryl/α,β-unsaturated/α-hetero) is 1. The molecule has 6 nitrogen and oxygen atoms in total. The van der Waals surface area contributed by atoms with Crippen molar-refractivity contribution in [2.75, 3.05) is 12.0 Å². The number of hydrogen-bond acceptors (Lipinski definition) is 6. The fraction of sp³-hybridized carbons (Fsp3) is 0.233. The van der Waals surface area contributed by atoms with Gasteiger partial charge in [0.2, 0.25) is 0 Å². The average Bonchev–Trinajstić information content (AvgIpc) is 3.42. The van der Waals surface area contributed by atoms with Gasteiger partial charge in [0.15, 0.2) is 5.13 Å². The molecule has 1 aliphatic rings. The number of carbonyl (C=O) groups is 2. The first-order chi connectivity index (χ1) is 17.7. The number of fused-ring (bicyclic) bond motifs is 1. The van der Waals surface area contributed by atoms with Gasteiger partial charge >= 0.3 is 5.91 Å². The van der Waals surface area contributed by atoms with Crippen molar-refractivity contribution in [2.45, 2.75) is 39.7 Å². The van der Waals surface area contributed by atoms with E-state index < -0.39 is 17.7 Å². The predicted octanol–water partition coefficient (Wildman–Crippen LogP) is 6.67. The van der Waals surface area contributed by atoms with Crippen LogP contribution >= 0.6 is 11.3 Å². The van der Waals surface area contributed by atoms with E-state index in [1.54, 1.807) is 31.4 Å². The number of rotatable bonds is 5. The van der Waals surface area contributed by atoms with Crippen molar-refractivity contribution in [3.05, 3.63) is 94.1 Å². The Kier molecular flexibility index (Phi) is 6.33. The van der Waals surface area contributed by atoms with E-state index in [1.165, 1.54) is 16.2 Å². The number of anilines is 1. The molecular weight excluding hydrogens is 484 g/mol. The number of benzene rings is 3. The second-order valence-electron chi connectivity index (χ2n) is 9.64. The van der Waals surface area contributed by atoms with Crippen LogP contribution in [0.3, 0.4) is 0 Å². The zero-order chi connectivity index (χ0) is 26.4. The molecule has 0 unspecified atom stereocenters. The van der Waals surface area contributed by atoms with Crippen molar-refractivity contribution < 1.29 is 19.4 Å². The van der Waals surface area contributed by atoms with Gasteiger partial charge in [-0.1, -0.05) is 55.5 Å². The molecule has 2 heterocycles. The Morgan fingerprint density at radius 2 is 1.70 bits per heavy atom. The Labute approximate surface area is 219 Å². The number of ether oxygens (including phenoxy) is 1. The highest BCUT2D eigenvalue weighted by molar-refractivity contribution is 7.22. The molecule has 3 aromatic carbocycles. The molecule has 4 aromatic rings. The van der Waals surface area contributed by atoms with Crippen LogP contribution < -0.4 is 9.64 Å². The Morgan fingerprint density at radius 3 is 2.32 bits per heavy atom. The lowest BCUT2D eigenvalue weighted by atomic mass is 9.93. The number of aliphatic hydroxyl groups is 1. The molecule has 1 aromatic heterocycles. The number of aromatic nitrogens is 1. The monoisotopic (exact) mass is 512 g/mol. The lowest BCUT2D eigenvalue weighted by Crippen LogP contribution is -2.29. The summed E-state index contributed by atoms with van der Waals surface area (Å²) in [5.41, 5.74) is 5.25. The van der Waals surface area contributed by atoms with Gasteiger partial charge in [0.1, 0.15) is 11.5 Å². The van der Waals surface area contributed by atoms with Crippen LogP contribution in [-0.4, -0.2) is 28.9 Å². The van der Waals surface area contributed by atoms with Gasteiger partial charge in [0.05, 0.1) is 28.9 Å². The number of thiazole rings is 1. The van der Waals surface area contributed by atoms with E-state index in [-0.39, 0.29) is 11.3 Å². The largest absolute Gasteiger partial charge is 0.507 e. The van der Waals surface area contributed by atoms with E-state index in [1.807, 2.05) is 50.2 Å². The Bertz CT molecular complexity index is 1550. The standard InChI is InChI=1S/C30H28N2O4S/c1-16(2)19-6-8-20(9-7-19)26-24(27(33)21-10-12-22(36-5)13-11-21)28(34)29(35)32(26)30-31-25-18(4)14-17(3)15-23(25)37-30/h6-16,26,33H,1-5H3/t26-/m0/s1. The second kappa shape index (κ2) is 9.48. The van der Waals surface area contributed by atoms with E-state index in [0.717, 1.165) is 32.5 Å². The van der Waals surface area contributed by atoms with Gasteiger partial charge in [0, 0.05) is 5.56 Å². The van der Waals surface area contributed by atoms with Crippen LogP contribution in [-0.2, 0) is 9.59 Å². The highest BCUT2D eigenvalue weighted by Gasteiger charge is 2.48. The summed E-state index contributed by atoms with van der Waals surface area (Å²) in [7, 11) is 1.56. The minimum absolute atomic E-state index is 0.0413. The first-order valence-electron chi connectivity index (χ1n) is 12.1. The fourth-order valence-corrected chi connectivity index (χ4v) is 5.94. The van der Waals surface area contributed by atoms with Crippen LogP contribution in [0.1, 0.15) is 53.6 Å². The molecule has 1 amide bonds. The van der Waals surface area contributed by atoms with Gasteiger partial charge in [-0.05, 0) is 72.4 Å². The molecule has 7 heteroatoms. The molecule has 37 heavy (non-hydrogen) atoms. The number of methoxy groups -OCH3 is 1. The van der Waals surface area contributed by atoms with Crippen LogP contribution in [0, 0.1) is 13.8 Å². The SMILES string of the molecule is COc1ccc(C(O)=C2C(=O)C(=O)N(c3nc4c(C)cc(C)cc4s3)[C@H]2c2ccc(C(C)C)cc2)cc1. The zero-order valence-corrected chi connectivity index (χ0v) is 22.2. The lowest BCUT2D eigenvalue weighted by Gasteiger charge is -2.23. The molecule has 0 bridgehead atoms. The number of carbonyl (C=O) groups excluding carboxylic acids is 2. The van der Waals surface area contributed by atoms with Crippen LogP contribution in [0.5, 0.6) is 5.75 Å². The molecule has 1 N–H and O–H groups in total. The maximum atomic E-state index is 13.5. The Balaban J connectivity index is 1.71. The molecule has 188 valence electrons. The van der Waals surface area contributed by atoms with Gasteiger partial charge in [-0.2, -0.15) is 0 Å². The van der Waals surface area contributed by atoms with E-state index in [9.17, 15) is 14.7 Å². The van der Waals surface area contributed by atoms with E-state index in [2.05, 4.69) is 13.8 Å². The normalized spacial score (nSPS) is 17.2. The minimum Gasteiger partial charge on any atom is -0.507 e. The summed E-state index contributed by atoms with van der Waals surface area (Å²) in [6.07, 6.45) is 0. The summed E-state index contributed by atoms with van der Waals surface area (Å²) in [6, 6.07) is 17.9. The lowest BCUT2D eigenvalue weighted by molar-refractivity contribution is -0.132. The van der Waals surface area contributed by atoms with Gasteiger partial charge in [-0.15, -0.1) is 0 Å². The number of ketones is 1. The van der Waals surface area contributed by atoms with Crippen molar-refractivity contribution in [3.63, 3.8) is 0 Å². The maximum Gasteiger partial charge on any atom is 0.301 e. The van der Waals surface area contributed by atoms with Crippen LogP contribution in [0.4, 0.5) is 5.13 Å². The predicted molar refractivity (Wildman–Crippen MR) is 147 cm³/mol. The van der Waals surface area contributed by atoms with Crippen molar-refractivity contribution >= 4 is 44.1 Å². The van der Waals surface area contributed by atoms with Crippen LogP contribution in [0.2, 0.25) is 0 Å². The van der Waals surface area contributed by atoms with E-state index in [0.29, 0.717) is 22.4 Å².